The van der Waals surface area contributed by atoms with Gasteiger partial charge in [-0.15, -0.1) is 0 Å². The van der Waals surface area contributed by atoms with E-state index >= 15 is 8.78 Å². The van der Waals surface area contributed by atoms with Crippen LogP contribution in [0.25, 0.3) is 4.85 Å². The Hall–Kier alpha value is -4.09. The van der Waals surface area contributed by atoms with E-state index in [2.05, 4.69) is 14.8 Å². The molecular formula is C35H39ClF3N9O2. The van der Waals surface area contributed by atoms with Gasteiger partial charge < -0.3 is 19.4 Å². The van der Waals surface area contributed by atoms with Gasteiger partial charge in [0.25, 0.3) is 17.5 Å². The number of rotatable bonds is 6. The van der Waals surface area contributed by atoms with Crippen LogP contribution in [-0.2, 0) is 24.9 Å². The number of halogens is 4. The number of hydrogen-bond donors (Lipinski definition) is 0. The Balaban J connectivity index is 1.18. The van der Waals surface area contributed by atoms with E-state index in [1.54, 1.807) is 35.8 Å². The molecule has 5 aliphatic rings. The van der Waals surface area contributed by atoms with Gasteiger partial charge in [0.1, 0.15) is 24.4 Å². The minimum Gasteiger partial charge on any atom is -0.461 e. The number of carbonyl (C=O) groups excluding carboxylic acids is 1. The first-order valence-corrected chi connectivity index (χ1v) is 17.6. The molecule has 2 aromatic heterocycles. The monoisotopic (exact) mass is 709 g/mol. The number of anilines is 2. The van der Waals surface area contributed by atoms with Crippen molar-refractivity contribution in [3.05, 3.63) is 63.2 Å². The van der Waals surface area contributed by atoms with Gasteiger partial charge in [0.15, 0.2) is 5.69 Å². The second-order valence-electron chi connectivity index (χ2n) is 14.6. The first kappa shape index (κ1) is 33.1. The zero-order valence-corrected chi connectivity index (χ0v) is 28.9. The van der Waals surface area contributed by atoms with Gasteiger partial charge in [-0.25, -0.2) is 18.0 Å². The molecule has 0 bridgehead atoms. The van der Waals surface area contributed by atoms with Crippen LogP contribution in [-0.4, -0.2) is 107 Å². The maximum Gasteiger partial charge on any atom is 0.317 e. The lowest BCUT2D eigenvalue weighted by Crippen LogP contribution is -2.69. The summed E-state index contributed by atoms with van der Waals surface area (Å²) in [6.07, 6.45) is 1.82. The third-order valence-corrected chi connectivity index (χ3v) is 11.8. The lowest BCUT2D eigenvalue weighted by atomic mass is 9.62. The van der Waals surface area contributed by atoms with Crippen LogP contribution in [0.15, 0.2) is 24.3 Å². The van der Waals surface area contributed by atoms with Gasteiger partial charge in [0, 0.05) is 59.7 Å². The number of alkyl halides is 3. The number of ether oxygens (including phenoxy) is 1. The molecule has 3 aromatic rings. The smallest absolute Gasteiger partial charge is 0.317 e. The first-order valence-electron chi connectivity index (χ1n) is 17.2. The number of aromatic nitrogens is 4. The van der Waals surface area contributed by atoms with E-state index in [0.29, 0.717) is 56.0 Å². The second kappa shape index (κ2) is 12.0. The van der Waals surface area contributed by atoms with Crippen molar-refractivity contribution in [1.29, 1.82) is 0 Å². The third-order valence-electron chi connectivity index (χ3n) is 11.4. The number of amides is 1. The van der Waals surface area contributed by atoms with Crippen molar-refractivity contribution >= 4 is 34.8 Å². The SMILES string of the molecule is [C-]#[N+]c1c(N2CCCn3nc(C(=O)N(C)C)c(Cl)c3C2)nc(OC[C@@]23CCCN2C[C@H](F)C3)nc1N1CC2(C1)c1ccccc1CCC2(F)F. The van der Waals surface area contributed by atoms with E-state index in [1.807, 2.05) is 17.0 Å². The molecule has 8 rings (SSSR count). The molecule has 1 aliphatic carbocycles. The maximum atomic E-state index is 15.8. The summed E-state index contributed by atoms with van der Waals surface area (Å²) in [5.74, 6) is -2.74. The number of carbonyl (C=O) groups is 1. The summed E-state index contributed by atoms with van der Waals surface area (Å²) in [6, 6.07) is 7.39. The van der Waals surface area contributed by atoms with Crippen LogP contribution in [0.5, 0.6) is 6.01 Å². The Morgan fingerprint density at radius 1 is 1.10 bits per heavy atom. The van der Waals surface area contributed by atoms with E-state index in [1.165, 1.54) is 4.90 Å². The Morgan fingerprint density at radius 3 is 2.62 bits per heavy atom. The molecule has 1 amide bonds. The van der Waals surface area contributed by atoms with Gasteiger partial charge in [-0.3, -0.25) is 14.4 Å². The third kappa shape index (κ3) is 5.10. The lowest BCUT2D eigenvalue weighted by Gasteiger charge is -2.57. The number of nitrogens with zero attached hydrogens (tertiary/aromatic N) is 9. The largest absolute Gasteiger partial charge is 0.461 e. The first-order chi connectivity index (χ1) is 23.9. The summed E-state index contributed by atoms with van der Waals surface area (Å²) in [6.45, 7) is 10.8. The molecule has 3 saturated heterocycles. The summed E-state index contributed by atoms with van der Waals surface area (Å²) in [7, 11) is 3.26. The van der Waals surface area contributed by atoms with Crippen molar-refractivity contribution in [3.8, 4) is 6.01 Å². The lowest BCUT2D eigenvalue weighted by molar-refractivity contribution is -0.104. The molecule has 15 heteroatoms. The fraction of sp³-hybridized carbons (Fsp3) is 0.571. The fourth-order valence-corrected chi connectivity index (χ4v) is 9.04. The molecule has 11 nitrogen and oxygen atoms in total. The topological polar surface area (TPSA) is 87.2 Å². The summed E-state index contributed by atoms with van der Waals surface area (Å²) >= 11 is 6.77. The predicted octanol–water partition coefficient (Wildman–Crippen LogP) is 5.28. The summed E-state index contributed by atoms with van der Waals surface area (Å²) in [5, 5.41) is 4.74. The zero-order valence-electron chi connectivity index (χ0n) is 28.1. The minimum absolute atomic E-state index is 0.00927. The fourth-order valence-electron chi connectivity index (χ4n) is 8.77. The van der Waals surface area contributed by atoms with Crippen molar-refractivity contribution in [3.63, 3.8) is 0 Å². The van der Waals surface area contributed by atoms with Crippen LogP contribution in [0.2, 0.25) is 5.02 Å². The molecule has 0 N–H and O–H groups in total. The normalized spacial score (nSPS) is 24.9. The highest BCUT2D eigenvalue weighted by Crippen LogP contribution is 2.55. The molecule has 50 heavy (non-hydrogen) atoms. The van der Waals surface area contributed by atoms with Gasteiger partial charge in [0.05, 0.1) is 34.8 Å². The maximum absolute atomic E-state index is 15.8. The Labute approximate surface area is 293 Å². The highest BCUT2D eigenvalue weighted by molar-refractivity contribution is 6.34. The molecule has 264 valence electrons. The molecule has 0 saturated carbocycles. The molecular weight excluding hydrogens is 671 g/mol. The predicted molar refractivity (Wildman–Crippen MR) is 181 cm³/mol. The summed E-state index contributed by atoms with van der Waals surface area (Å²) in [4.78, 5) is 33.4. The summed E-state index contributed by atoms with van der Waals surface area (Å²) < 4.78 is 54.3. The van der Waals surface area contributed by atoms with E-state index in [0.717, 1.165) is 24.9 Å². The van der Waals surface area contributed by atoms with Crippen LogP contribution in [0.1, 0.15) is 59.4 Å². The van der Waals surface area contributed by atoms with Crippen molar-refractivity contribution in [2.45, 2.75) is 74.7 Å². The average Bonchev–Trinajstić information content (AvgIpc) is 3.64. The Kier molecular flexibility index (Phi) is 7.95. The van der Waals surface area contributed by atoms with E-state index < -0.39 is 23.0 Å². The van der Waals surface area contributed by atoms with Gasteiger partial charge in [-0.2, -0.15) is 15.1 Å². The van der Waals surface area contributed by atoms with Crippen LogP contribution in [0, 0.1) is 6.57 Å². The molecule has 1 spiro atoms. The standard InChI is InChI=1S/C35H39ClF3N9O2/c1-40-28-29(45-13-7-15-48-25(18-45)26(36)27(43-48)31(49)44(2)3)41-32(50-21-33-11-6-14-47(33)17-23(37)16-33)42-30(28)46-19-34(20-46)24-9-5-4-8-22(24)10-12-35(34,38)39/h4-5,8-9,23H,6-7,10-21H2,2-3H3/t23-,33+/m1/s1. The number of aryl methyl sites for hydroxylation is 2. The quantitative estimate of drug-likeness (QED) is 0.320. The van der Waals surface area contributed by atoms with Crippen molar-refractivity contribution < 1.29 is 22.7 Å². The van der Waals surface area contributed by atoms with Crippen LogP contribution >= 0.6 is 11.6 Å². The molecule has 3 fully saturated rings. The van der Waals surface area contributed by atoms with Crippen molar-refractivity contribution in [2.75, 3.05) is 63.2 Å². The summed E-state index contributed by atoms with van der Waals surface area (Å²) in [5.41, 5.74) is 0.568. The van der Waals surface area contributed by atoms with E-state index in [4.69, 9.17) is 32.9 Å². The van der Waals surface area contributed by atoms with Gasteiger partial charge >= 0.3 is 6.01 Å². The zero-order chi connectivity index (χ0) is 35.0. The second-order valence-corrected chi connectivity index (χ2v) is 15.0. The van der Waals surface area contributed by atoms with Crippen molar-refractivity contribution in [2.24, 2.45) is 0 Å². The number of hydrogen-bond acceptors (Lipinski definition) is 8. The molecule has 6 heterocycles. The Bertz CT molecular complexity index is 1890. The van der Waals surface area contributed by atoms with Crippen LogP contribution in [0.4, 0.5) is 30.5 Å². The van der Waals surface area contributed by atoms with E-state index in [9.17, 15) is 9.18 Å². The molecule has 4 aliphatic heterocycles. The molecule has 0 radical (unpaired) electrons. The van der Waals surface area contributed by atoms with Crippen LogP contribution < -0.4 is 14.5 Å². The van der Waals surface area contributed by atoms with Crippen molar-refractivity contribution in [1.82, 2.24) is 29.5 Å². The van der Waals surface area contributed by atoms with Gasteiger partial charge in [-0.1, -0.05) is 35.9 Å². The van der Waals surface area contributed by atoms with E-state index in [-0.39, 0.29) is 66.8 Å². The van der Waals surface area contributed by atoms with Crippen LogP contribution in [0.3, 0.4) is 0 Å². The molecule has 1 aromatic carbocycles. The Morgan fingerprint density at radius 2 is 1.86 bits per heavy atom. The number of benzene rings is 1. The van der Waals surface area contributed by atoms with Gasteiger partial charge in [-0.05, 0) is 43.4 Å². The highest BCUT2D eigenvalue weighted by atomic mass is 35.5. The van der Waals surface area contributed by atoms with Gasteiger partial charge in [0.2, 0.25) is 0 Å². The highest BCUT2D eigenvalue weighted by Gasteiger charge is 2.64. The minimum atomic E-state index is -2.94. The molecule has 0 unspecified atom stereocenters. The molecule has 2 atom stereocenters. The number of fused-ring (bicyclic) bond motifs is 4. The average molecular weight is 710 g/mol.